The lowest BCUT2D eigenvalue weighted by molar-refractivity contribution is -0.167. The van der Waals surface area contributed by atoms with E-state index in [1.807, 2.05) is 0 Å². The number of carbonyl (C=O) groups excluding carboxylic acids is 3. The second kappa shape index (κ2) is 57.9. The molecule has 0 aromatic carbocycles. The van der Waals surface area contributed by atoms with Gasteiger partial charge in [0.25, 0.3) is 0 Å². The van der Waals surface area contributed by atoms with Gasteiger partial charge in [0.15, 0.2) is 6.10 Å². The fraction of sp³-hybridized carbons (Fsp3) is 0.585. The van der Waals surface area contributed by atoms with E-state index in [0.717, 1.165) is 154 Å². The molecule has 0 aromatic heterocycles. The second-order valence-corrected chi connectivity index (χ2v) is 18.0. The Morgan fingerprint density at radius 1 is 0.282 bits per heavy atom. The van der Waals surface area contributed by atoms with Crippen LogP contribution in [0.15, 0.2) is 146 Å². The molecule has 71 heavy (non-hydrogen) atoms. The first kappa shape index (κ1) is 66.3. The van der Waals surface area contributed by atoms with E-state index in [4.69, 9.17) is 14.2 Å². The van der Waals surface area contributed by atoms with Gasteiger partial charge in [0, 0.05) is 19.3 Å². The molecule has 0 bridgehead atoms. The van der Waals surface area contributed by atoms with Crippen LogP contribution in [-0.2, 0) is 28.6 Å². The summed E-state index contributed by atoms with van der Waals surface area (Å²) in [5.41, 5.74) is 0. The highest BCUT2D eigenvalue weighted by Crippen LogP contribution is 2.13. The number of hydrogen-bond acceptors (Lipinski definition) is 6. The second-order valence-electron chi connectivity index (χ2n) is 18.0. The molecule has 0 fully saturated rings. The Kier molecular flexibility index (Phi) is 54.0. The van der Waals surface area contributed by atoms with Gasteiger partial charge in [0.05, 0.1) is 0 Å². The maximum Gasteiger partial charge on any atom is 0.306 e. The smallest absolute Gasteiger partial charge is 0.306 e. The third kappa shape index (κ3) is 56.1. The van der Waals surface area contributed by atoms with E-state index >= 15 is 0 Å². The van der Waals surface area contributed by atoms with Crippen molar-refractivity contribution in [1.29, 1.82) is 0 Å². The fourth-order valence-electron chi connectivity index (χ4n) is 7.18. The molecule has 0 spiro atoms. The topological polar surface area (TPSA) is 78.9 Å². The van der Waals surface area contributed by atoms with Gasteiger partial charge in [-0.1, -0.05) is 218 Å². The molecule has 6 nitrogen and oxygen atoms in total. The number of esters is 3. The molecule has 0 saturated carbocycles. The van der Waals surface area contributed by atoms with Gasteiger partial charge in [-0.3, -0.25) is 14.4 Å². The predicted octanol–water partition coefficient (Wildman–Crippen LogP) is 19.2. The van der Waals surface area contributed by atoms with Crippen LogP contribution in [0, 0.1) is 0 Å². The largest absolute Gasteiger partial charge is 0.462 e. The summed E-state index contributed by atoms with van der Waals surface area (Å²) in [6.07, 6.45) is 82.8. The molecular weight excluding hydrogens is 877 g/mol. The molecule has 1 atom stereocenters. The molecule has 0 aliphatic carbocycles. The number of hydrogen-bond donors (Lipinski definition) is 0. The number of unbranched alkanes of at least 4 members (excludes halogenated alkanes) is 14. The number of allylic oxidation sites excluding steroid dienone is 24. The van der Waals surface area contributed by atoms with Crippen molar-refractivity contribution in [3.05, 3.63) is 146 Å². The highest BCUT2D eigenvalue weighted by molar-refractivity contribution is 5.71. The van der Waals surface area contributed by atoms with Crippen molar-refractivity contribution in [2.45, 2.75) is 232 Å². The molecule has 0 heterocycles. The van der Waals surface area contributed by atoms with E-state index in [0.29, 0.717) is 12.8 Å². The number of rotatable bonds is 49. The Morgan fingerprint density at radius 2 is 0.507 bits per heavy atom. The Bertz CT molecular complexity index is 1590. The summed E-state index contributed by atoms with van der Waals surface area (Å²) in [6, 6.07) is 0. The molecule has 6 heteroatoms. The van der Waals surface area contributed by atoms with Gasteiger partial charge in [-0.2, -0.15) is 0 Å². The SMILES string of the molecule is CC/C=C\C/C=C\C/C=C\C/C=C\C/C=C\C/C=C\CCCCCCCCCCC(=O)OCC(COC(=O)CCCCC/C=C\C/C=C\C/C=C\CC)OC(=O)CCCCC/C=C\C/C=C\C/C=C\CC. The third-order valence-corrected chi connectivity index (χ3v) is 11.3. The maximum atomic E-state index is 12.8. The normalized spacial score (nSPS) is 13.2. The van der Waals surface area contributed by atoms with Gasteiger partial charge >= 0.3 is 17.9 Å². The Balaban J connectivity index is 4.37. The van der Waals surface area contributed by atoms with E-state index in [1.165, 1.54) is 32.1 Å². The van der Waals surface area contributed by atoms with Crippen molar-refractivity contribution in [1.82, 2.24) is 0 Å². The molecule has 1 unspecified atom stereocenters. The Labute approximate surface area is 436 Å². The summed E-state index contributed by atoms with van der Waals surface area (Å²) in [6.45, 7) is 6.22. The average molecular weight is 980 g/mol. The van der Waals surface area contributed by atoms with E-state index in [-0.39, 0.29) is 37.5 Å². The summed E-state index contributed by atoms with van der Waals surface area (Å²) in [5.74, 6) is -0.986. The first-order chi connectivity index (χ1) is 35.0. The van der Waals surface area contributed by atoms with Gasteiger partial charge in [0.2, 0.25) is 0 Å². The first-order valence-corrected chi connectivity index (χ1v) is 28.3. The van der Waals surface area contributed by atoms with Crippen LogP contribution in [0.2, 0.25) is 0 Å². The number of ether oxygens (including phenoxy) is 3. The fourth-order valence-corrected chi connectivity index (χ4v) is 7.18. The predicted molar refractivity (Wildman–Crippen MR) is 306 cm³/mol. The molecular formula is C65H102O6. The molecule has 0 radical (unpaired) electrons. The summed E-state index contributed by atoms with van der Waals surface area (Å²) < 4.78 is 16.8. The van der Waals surface area contributed by atoms with Crippen LogP contribution in [0.4, 0.5) is 0 Å². The van der Waals surface area contributed by atoms with Crippen LogP contribution in [0.5, 0.6) is 0 Å². The first-order valence-electron chi connectivity index (χ1n) is 28.3. The summed E-state index contributed by atoms with van der Waals surface area (Å²) in [4.78, 5) is 38.1. The van der Waals surface area contributed by atoms with E-state index in [9.17, 15) is 14.4 Å². The molecule has 0 N–H and O–H groups in total. The van der Waals surface area contributed by atoms with Crippen molar-refractivity contribution in [2.24, 2.45) is 0 Å². The van der Waals surface area contributed by atoms with Crippen LogP contribution in [-0.4, -0.2) is 37.2 Å². The lowest BCUT2D eigenvalue weighted by Gasteiger charge is -2.18. The third-order valence-electron chi connectivity index (χ3n) is 11.3. The van der Waals surface area contributed by atoms with E-state index in [1.54, 1.807) is 0 Å². The zero-order valence-corrected chi connectivity index (χ0v) is 45.4. The van der Waals surface area contributed by atoms with E-state index < -0.39 is 6.10 Å². The molecule has 0 aliphatic heterocycles. The minimum absolute atomic E-state index is 0.110. The van der Waals surface area contributed by atoms with Crippen molar-refractivity contribution < 1.29 is 28.6 Å². The van der Waals surface area contributed by atoms with Crippen molar-refractivity contribution in [3.63, 3.8) is 0 Å². The molecule has 0 saturated heterocycles. The molecule has 0 amide bonds. The Hall–Kier alpha value is -4.71. The molecule has 0 aromatic rings. The zero-order chi connectivity index (χ0) is 51.4. The van der Waals surface area contributed by atoms with Gasteiger partial charge in [-0.25, -0.2) is 0 Å². The highest BCUT2D eigenvalue weighted by Gasteiger charge is 2.19. The maximum absolute atomic E-state index is 12.8. The van der Waals surface area contributed by atoms with Crippen molar-refractivity contribution in [3.8, 4) is 0 Å². The van der Waals surface area contributed by atoms with Crippen LogP contribution < -0.4 is 0 Å². The minimum atomic E-state index is -0.815. The average Bonchev–Trinajstić information content (AvgIpc) is 3.37. The lowest BCUT2D eigenvalue weighted by Crippen LogP contribution is -2.30. The molecule has 0 rings (SSSR count). The quantitative estimate of drug-likeness (QED) is 0.0262. The zero-order valence-electron chi connectivity index (χ0n) is 45.4. The van der Waals surface area contributed by atoms with Crippen molar-refractivity contribution in [2.75, 3.05) is 13.2 Å². The van der Waals surface area contributed by atoms with Crippen molar-refractivity contribution >= 4 is 17.9 Å². The monoisotopic (exact) mass is 979 g/mol. The van der Waals surface area contributed by atoms with Crippen LogP contribution in [0.3, 0.4) is 0 Å². The van der Waals surface area contributed by atoms with Gasteiger partial charge in [0.1, 0.15) is 13.2 Å². The van der Waals surface area contributed by atoms with Gasteiger partial charge < -0.3 is 14.2 Å². The minimum Gasteiger partial charge on any atom is -0.462 e. The number of carbonyl (C=O) groups is 3. The summed E-state index contributed by atoms with van der Waals surface area (Å²) in [7, 11) is 0. The van der Waals surface area contributed by atoms with Crippen LogP contribution in [0.25, 0.3) is 0 Å². The standard InChI is InChI=1S/C65H102O6/c1-4-7-10-13-16-19-22-25-26-27-28-29-30-31-32-33-34-35-36-37-38-41-43-46-49-52-55-58-64(67)70-61-62(71-65(68)59-56-53-50-47-44-40-24-21-18-15-12-9-6-3)60-69-63(66)57-54-51-48-45-42-39-23-20-17-14-11-8-5-2/h7-12,16-21,25-26,28-29,31-32,34-35,39-40,42,44,62H,4-6,13-15,22-24,27,30,33,36-38,41,43,45-61H2,1-3H3/b10-7-,11-8-,12-9-,19-16-,20-17-,21-18-,26-25-,29-28-,32-31-,35-34-,42-39-,44-40-. The van der Waals surface area contributed by atoms with Gasteiger partial charge in [-0.15, -0.1) is 0 Å². The lowest BCUT2D eigenvalue weighted by atomic mass is 10.1. The highest BCUT2D eigenvalue weighted by atomic mass is 16.6. The molecule has 0 aliphatic rings. The summed E-state index contributed by atoms with van der Waals surface area (Å²) >= 11 is 0. The van der Waals surface area contributed by atoms with E-state index in [2.05, 4.69) is 167 Å². The van der Waals surface area contributed by atoms with Crippen LogP contribution >= 0.6 is 0 Å². The summed E-state index contributed by atoms with van der Waals surface area (Å²) in [5, 5.41) is 0. The van der Waals surface area contributed by atoms with Gasteiger partial charge in [-0.05, 0) is 135 Å². The Morgan fingerprint density at radius 3 is 0.803 bits per heavy atom. The van der Waals surface area contributed by atoms with Crippen LogP contribution in [0.1, 0.15) is 226 Å². The molecule has 398 valence electrons.